The summed E-state index contributed by atoms with van der Waals surface area (Å²) in [5.74, 6) is -0.176. The molecule has 0 radical (unpaired) electrons. The summed E-state index contributed by atoms with van der Waals surface area (Å²) in [4.78, 5) is 31.7. The molecule has 0 saturated heterocycles. The van der Waals surface area contributed by atoms with E-state index < -0.39 is 4.92 Å². The highest BCUT2D eigenvalue weighted by molar-refractivity contribution is 7.22. The Morgan fingerprint density at radius 1 is 1.16 bits per heavy atom. The van der Waals surface area contributed by atoms with Crippen molar-refractivity contribution in [3.05, 3.63) is 69.8 Å². The minimum atomic E-state index is -0.446. The Morgan fingerprint density at radius 3 is 2.48 bits per heavy atom. The Hall–Kier alpha value is -2.81. The number of amides is 1. The van der Waals surface area contributed by atoms with Gasteiger partial charge in [0, 0.05) is 31.3 Å². The number of hydrogen-bond donors (Lipinski definition) is 0. The summed E-state index contributed by atoms with van der Waals surface area (Å²) in [6.45, 7) is 3.32. The molecule has 0 aliphatic heterocycles. The van der Waals surface area contributed by atoms with Crippen LogP contribution in [0, 0.1) is 10.1 Å². The zero-order chi connectivity index (χ0) is 21.7. The lowest BCUT2D eigenvalue weighted by Crippen LogP contribution is -2.35. The molecule has 1 amide bonds. The van der Waals surface area contributed by atoms with Gasteiger partial charge in [0.2, 0.25) is 0 Å². The number of nitrogens with zero attached hydrogens (tertiary/aromatic N) is 4. The predicted molar refractivity (Wildman–Crippen MR) is 129 cm³/mol. The number of anilines is 1. The average molecular weight is 461 g/mol. The van der Waals surface area contributed by atoms with Crippen LogP contribution >= 0.6 is 23.7 Å². The molecule has 31 heavy (non-hydrogen) atoms. The van der Waals surface area contributed by atoms with Gasteiger partial charge < -0.3 is 4.90 Å². The van der Waals surface area contributed by atoms with Crippen LogP contribution in [0.3, 0.4) is 0 Å². The van der Waals surface area contributed by atoms with Crippen LogP contribution < -0.4 is 4.90 Å². The van der Waals surface area contributed by atoms with E-state index in [2.05, 4.69) is 24.0 Å². The summed E-state index contributed by atoms with van der Waals surface area (Å²) in [6, 6.07) is 12.3. The van der Waals surface area contributed by atoms with Gasteiger partial charge in [0.05, 0.1) is 15.1 Å². The van der Waals surface area contributed by atoms with Crippen molar-refractivity contribution in [2.75, 3.05) is 32.1 Å². The van der Waals surface area contributed by atoms with Crippen molar-refractivity contribution < 1.29 is 9.72 Å². The molecule has 164 valence electrons. The van der Waals surface area contributed by atoms with E-state index in [0.717, 1.165) is 22.2 Å². The van der Waals surface area contributed by atoms with E-state index in [-0.39, 0.29) is 24.0 Å². The summed E-state index contributed by atoms with van der Waals surface area (Å²) in [7, 11) is 3.92. The summed E-state index contributed by atoms with van der Waals surface area (Å²) in [5, 5.41) is 11.4. The van der Waals surface area contributed by atoms with Crippen molar-refractivity contribution in [2.24, 2.45) is 0 Å². The fourth-order valence-corrected chi connectivity index (χ4v) is 3.92. The normalized spacial score (nSPS) is 11.1. The molecule has 0 aliphatic rings. The first-order chi connectivity index (χ1) is 14.4. The molecule has 0 bridgehead atoms. The third-order valence-electron chi connectivity index (χ3n) is 4.64. The molecule has 0 N–H and O–H groups in total. The maximum Gasteiger partial charge on any atom is 0.269 e. The highest BCUT2D eigenvalue weighted by Gasteiger charge is 2.18. The topological polar surface area (TPSA) is 79.6 Å². The second-order valence-electron chi connectivity index (χ2n) is 7.13. The van der Waals surface area contributed by atoms with Gasteiger partial charge >= 0.3 is 0 Å². The Labute approximate surface area is 191 Å². The van der Waals surface area contributed by atoms with Crippen molar-refractivity contribution in [3.8, 4) is 0 Å². The molecule has 0 fully saturated rings. The van der Waals surface area contributed by atoms with E-state index in [1.165, 1.54) is 35.1 Å². The van der Waals surface area contributed by atoms with Gasteiger partial charge in [-0.15, -0.1) is 12.4 Å². The number of carbonyl (C=O) groups is 1. The number of likely N-dealkylation sites (N-methyl/N-ethyl adjacent to an activating group) is 1. The van der Waals surface area contributed by atoms with E-state index in [4.69, 9.17) is 0 Å². The molecule has 1 aromatic heterocycles. The zero-order valence-electron chi connectivity index (χ0n) is 17.6. The molecule has 7 nitrogen and oxygen atoms in total. The summed E-state index contributed by atoms with van der Waals surface area (Å²) in [5.41, 5.74) is 2.86. The fraction of sp³-hybridized carbons (Fsp3) is 0.273. The summed E-state index contributed by atoms with van der Waals surface area (Å²) in [6.07, 6.45) is 4.10. The fourth-order valence-electron chi connectivity index (χ4n) is 2.86. The van der Waals surface area contributed by atoms with Crippen LogP contribution in [-0.4, -0.2) is 47.9 Å². The van der Waals surface area contributed by atoms with Gasteiger partial charge in [-0.05, 0) is 62.0 Å². The highest BCUT2D eigenvalue weighted by Crippen LogP contribution is 2.30. The summed E-state index contributed by atoms with van der Waals surface area (Å²) >= 11 is 1.51. The number of benzene rings is 2. The first-order valence-corrected chi connectivity index (χ1v) is 10.5. The van der Waals surface area contributed by atoms with Gasteiger partial charge in [0.1, 0.15) is 0 Å². The minimum absolute atomic E-state index is 0. The molecule has 3 rings (SSSR count). The number of rotatable bonds is 8. The van der Waals surface area contributed by atoms with Gasteiger partial charge in [-0.1, -0.05) is 24.3 Å². The van der Waals surface area contributed by atoms with Crippen LogP contribution in [-0.2, 0) is 11.2 Å². The van der Waals surface area contributed by atoms with Crippen molar-refractivity contribution in [3.63, 3.8) is 0 Å². The van der Waals surface area contributed by atoms with Gasteiger partial charge in [0.15, 0.2) is 5.13 Å². The highest BCUT2D eigenvalue weighted by atomic mass is 35.5. The van der Waals surface area contributed by atoms with E-state index in [1.807, 2.05) is 25.1 Å². The van der Waals surface area contributed by atoms with Crippen LogP contribution in [0.5, 0.6) is 0 Å². The van der Waals surface area contributed by atoms with Gasteiger partial charge in [-0.25, -0.2) is 4.98 Å². The molecule has 0 saturated carbocycles. The molecule has 3 aromatic rings. The Bertz CT molecular complexity index is 1080. The molecule has 1 heterocycles. The first-order valence-electron chi connectivity index (χ1n) is 9.65. The molecule has 0 atom stereocenters. The number of non-ortho nitro benzene ring substituents is 1. The SMILES string of the molecule is CCc1ccc2nc(N(CCN(C)C)C(=O)C=Cc3ccc([N+](=O)[O-])cc3)sc2c1.Cl. The van der Waals surface area contributed by atoms with Crippen molar-refractivity contribution >= 4 is 56.8 Å². The number of carbonyl (C=O) groups excluding carboxylic acids is 1. The van der Waals surface area contributed by atoms with E-state index in [0.29, 0.717) is 18.2 Å². The predicted octanol–water partition coefficient (Wildman–Crippen LogP) is 4.80. The summed E-state index contributed by atoms with van der Waals surface area (Å²) < 4.78 is 1.06. The van der Waals surface area contributed by atoms with Gasteiger partial charge in [-0.2, -0.15) is 0 Å². The van der Waals surface area contributed by atoms with Crippen LogP contribution in [0.25, 0.3) is 16.3 Å². The quantitative estimate of drug-likeness (QED) is 0.274. The second-order valence-corrected chi connectivity index (χ2v) is 8.14. The van der Waals surface area contributed by atoms with Crippen molar-refractivity contribution in [1.29, 1.82) is 0 Å². The molecule has 0 unspecified atom stereocenters. The molecule has 0 aliphatic carbocycles. The monoisotopic (exact) mass is 460 g/mol. The average Bonchev–Trinajstić information content (AvgIpc) is 3.15. The number of nitro benzene ring substituents is 1. The van der Waals surface area contributed by atoms with E-state index in [9.17, 15) is 14.9 Å². The standard InChI is InChI=1S/C22H24N4O3S.ClH/c1-4-16-7-11-19-20(15-16)30-22(23-19)25(14-13-24(2)3)21(27)12-8-17-5-9-18(10-6-17)26(28)29;/h5-12,15H,4,13-14H2,1-3H3;1H. The lowest BCUT2D eigenvalue weighted by atomic mass is 10.2. The third-order valence-corrected chi connectivity index (χ3v) is 5.68. The number of nitro groups is 1. The maximum atomic E-state index is 13.0. The molecular formula is C22H25ClN4O3S. The van der Waals surface area contributed by atoms with Crippen LogP contribution in [0.4, 0.5) is 10.8 Å². The number of aromatic nitrogens is 1. The second kappa shape index (κ2) is 11.0. The van der Waals surface area contributed by atoms with Crippen LogP contribution in [0.15, 0.2) is 48.5 Å². The first kappa shape index (κ1) is 24.5. The van der Waals surface area contributed by atoms with Crippen LogP contribution in [0.2, 0.25) is 0 Å². The maximum absolute atomic E-state index is 13.0. The number of fused-ring (bicyclic) bond motifs is 1. The third kappa shape index (κ3) is 6.33. The number of halogens is 1. The molecule has 9 heteroatoms. The van der Waals surface area contributed by atoms with Gasteiger partial charge in [-0.3, -0.25) is 19.8 Å². The number of thiazole rings is 1. The van der Waals surface area contributed by atoms with E-state index >= 15 is 0 Å². The Morgan fingerprint density at radius 2 is 1.87 bits per heavy atom. The van der Waals surface area contributed by atoms with Crippen molar-refractivity contribution in [1.82, 2.24) is 9.88 Å². The Kier molecular flexibility index (Phi) is 8.67. The smallest absolute Gasteiger partial charge is 0.269 e. The largest absolute Gasteiger partial charge is 0.308 e. The van der Waals surface area contributed by atoms with Crippen LogP contribution in [0.1, 0.15) is 18.1 Å². The number of aryl methyl sites for hydroxylation is 1. The molecule has 0 spiro atoms. The minimum Gasteiger partial charge on any atom is -0.308 e. The van der Waals surface area contributed by atoms with E-state index in [1.54, 1.807) is 23.1 Å². The van der Waals surface area contributed by atoms with Crippen molar-refractivity contribution in [2.45, 2.75) is 13.3 Å². The lowest BCUT2D eigenvalue weighted by molar-refractivity contribution is -0.384. The molecular weight excluding hydrogens is 436 g/mol. The Balaban J connectivity index is 0.00000341. The van der Waals surface area contributed by atoms with Gasteiger partial charge in [0.25, 0.3) is 11.6 Å². The lowest BCUT2D eigenvalue weighted by Gasteiger charge is -2.20. The number of hydrogen-bond acceptors (Lipinski definition) is 6. The zero-order valence-corrected chi connectivity index (χ0v) is 19.3. The molecule has 2 aromatic carbocycles.